The summed E-state index contributed by atoms with van der Waals surface area (Å²) < 4.78 is 3.80. The lowest BCUT2D eigenvalue weighted by Gasteiger charge is -2.05. The van der Waals surface area contributed by atoms with Gasteiger partial charge in [0, 0.05) is 19.8 Å². The Morgan fingerprint density at radius 3 is 2.88 bits per heavy atom. The Bertz CT molecular complexity index is 468. The lowest BCUT2D eigenvalue weighted by Crippen LogP contribution is -2.07. The van der Waals surface area contributed by atoms with E-state index < -0.39 is 0 Å². The van der Waals surface area contributed by atoms with E-state index in [0.717, 1.165) is 24.5 Å². The van der Waals surface area contributed by atoms with E-state index in [0.29, 0.717) is 0 Å². The third-order valence-corrected chi connectivity index (χ3v) is 2.46. The second-order valence-electron chi connectivity index (χ2n) is 3.85. The third-order valence-electron chi connectivity index (χ3n) is 2.46. The quantitative estimate of drug-likeness (QED) is 0.848. The molecule has 1 N–H and O–H groups in total. The van der Waals surface area contributed by atoms with Gasteiger partial charge in [0.2, 0.25) is 0 Å². The minimum Gasteiger partial charge on any atom is -0.377 e. The van der Waals surface area contributed by atoms with Gasteiger partial charge in [-0.3, -0.25) is 9.36 Å². The van der Waals surface area contributed by atoms with Gasteiger partial charge < -0.3 is 5.32 Å². The van der Waals surface area contributed by atoms with Crippen LogP contribution in [0.25, 0.3) is 0 Å². The topological polar surface area (TPSA) is 47.7 Å². The van der Waals surface area contributed by atoms with Crippen molar-refractivity contribution in [2.75, 3.05) is 5.32 Å². The van der Waals surface area contributed by atoms with Gasteiger partial charge in [0.25, 0.3) is 0 Å². The predicted octanol–water partition coefficient (Wildman–Crippen LogP) is 1.56. The van der Waals surface area contributed by atoms with E-state index in [2.05, 4.69) is 28.5 Å². The van der Waals surface area contributed by atoms with E-state index in [1.54, 1.807) is 4.68 Å². The third kappa shape index (κ3) is 2.24. The number of hydrogen-bond acceptors (Lipinski definition) is 3. The summed E-state index contributed by atoms with van der Waals surface area (Å²) in [7, 11) is 1.91. The average Bonchev–Trinajstić information content (AvgIpc) is 2.81. The highest BCUT2D eigenvalue weighted by molar-refractivity contribution is 5.38. The van der Waals surface area contributed by atoms with Crippen molar-refractivity contribution in [1.29, 1.82) is 0 Å². The molecule has 5 heteroatoms. The molecule has 0 aliphatic heterocycles. The Balaban J connectivity index is 2.04. The Kier molecular flexibility index (Phi) is 2.94. The molecule has 0 spiro atoms. The zero-order valence-corrected chi connectivity index (χ0v) is 9.94. The molecule has 2 heterocycles. The van der Waals surface area contributed by atoms with E-state index >= 15 is 0 Å². The van der Waals surface area contributed by atoms with E-state index in [4.69, 9.17) is 0 Å². The maximum atomic E-state index is 4.40. The number of rotatable bonds is 4. The summed E-state index contributed by atoms with van der Waals surface area (Å²) in [4.78, 5) is 0. The van der Waals surface area contributed by atoms with Crippen molar-refractivity contribution in [2.45, 2.75) is 26.9 Å². The summed E-state index contributed by atoms with van der Waals surface area (Å²) in [6.07, 6.45) is 3.78. The second kappa shape index (κ2) is 4.38. The number of aryl methyl sites for hydroxylation is 3. The molecular weight excluding hydrogens is 202 g/mol. The van der Waals surface area contributed by atoms with E-state index in [1.807, 2.05) is 31.0 Å². The first-order chi connectivity index (χ1) is 7.69. The van der Waals surface area contributed by atoms with Crippen LogP contribution in [0.2, 0.25) is 0 Å². The summed E-state index contributed by atoms with van der Waals surface area (Å²) in [6, 6.07) is 2.10. The number of anilines is 1. The van der Waals surface area contributed by atoms with Crippen LogP contribution in [0.5, 0.6) is 0 Å². The van der Waals surface area contributed by atoms with Crippen LogP contribution in [0.15, 0.2) is 18.5 Å². The van der Waals surface area contributed by atoms with Crippen LogP contribution < -0.4 is 5.32 Å². The smallest absolute Gasteiger partial charge is 0.0729 e. The SMILES string of the molecule is CCn1nc(C)cc1CNc1cnn(C)c1. The highest BCUT2D eigenvalue weighted by Gasteiger charge is 2.03. The fourth-order valence-corrected chi connectivity index (χ4v) is 1.72. The van der Waals surface area contributed by atoms with Crippen LogP contribution >= 0.6 is 0 Å². The summed E-state index contributed by atoms with van der Waals surface area (Å²) in [5, 5.41) is 11.8. The lowest BCUT2D eigenvalue weighted by molar-refractivity contribution is 0.623. The fourth-order valence-electron chi connectivity index (χ4n) is 1.72. The van der Waals surface area contributed by atoms with Gasteiger partial charge >= 0.3 is 0 Å². The van der Waals surface area contributed by atoms with Crippen LogP contribution in [-0.2, 0) is 20.1 Å². The molecule has 0 aliphatic carbocycles. The van der Waals surface area contributed by atoms with Crippen LogP contribution in [0.3, 0.4) is 0 Å². The summed E-state index contributed by atoms with van der Waals surface area (Å²) in [5.41, 5.74) is 3.29. The molecule has 0 saturated carbocycles. The Labute approximate surface area is 95.1 Å². The van der Waals surface area contributed by atoms with Gasteiger partial charge in [-0.25, -0.2) is 0 Å². The van der Waals surface area contributed by atoms with E-state index in [9.17, 15) is 0 Å². The molecule has 0 atom stereocenters. The first-order valence-corrected chi connectivity index (χ1v) is 5.45. The number of hydrogen-bond donors (Lipinski definition) is 1. The van der Waals surface area contributed by atoms with Crippen molar-refractivity contribution >= 4 is 5.69 Å². The van der Waals surface area contributed by atoms with Gasteiger partial charge in [-0.1, -0.05) is 0 Å². The maximum Gasteiger partial charge on any atom is 0.0729 e. The van der Waals surface area contributed by atoms with Gasteiger partial charge in [0.15, 0.2) is 0 Å². The molecule has 0 amide bonds. The molecule has 0 aliphatic rings. The van der Waals surface area contributed by atoms with Crippen molar-refractivity contribution in [3.63, 3.8) is 0 Å². The number of nitrogens with one attached hydrogen (secondary N) is 1. The summed E-state index contributed by atoms with van der Waals surface area (Å²) >= 11 is 0. The van der Waals surface area contributed by atoms with Crippen molar-refractivity contribution in [3.05, 3.63) is 29.8 Å². The molecule has 0 unspecified atom stereocenters. The van der Waals surface area contributed by atoms with Crippen LogP contribution in [0.4, 0.5) is 5.69 Å². The van der Waals surface area contributed by atoms with E-state index in [1.165, 1.54) is 5.69 Å². The predicted molar refractivity (Wildman–Crippen MR) is 63.2 cm³/mol. The molecule has 0 saturated heterocycles. The van der Waals surface area contributed by atoms with Crippen molar-refractivity contribution in [3.8, 4) is 0 Å². The van der Waals surface area contributed by atoms with Crippen LogP contribution in [0.1, 0.15) is 18.3 Å². The molecule has 0 radical (unpaired) electrons. The van der Waals surface area contributed by atoms with E-state index in [-0.39, 0.29) is 0 Å². The standard InChI is InChI=1S/C11H17N5/c1-4-16-11(5-9(2)14-16)7-12-10-6-13-15(3)8-10/h5-6,8,12H,4,7H2,1-3H3. The molecule has 16 heavy (non-hydrogen) atoms. The largest absolute Gasteiger partial charge is 0.377 e. The normalized spacial score (nSPS) is 10.7. The molecule has 2 rings (SSSR count). The van der Waals surface area contributed by atoms with Crippen LogP contribution in [-0.4, -0.2) is 19.6 Å². The van der Waals surface area contributed by atoms with Gasteiger partial charge in [-0.15, -0.1) is 0 Å². The first kappa shape index (κ1) is 10.7. The van der Waals surface area contributed by atoms with Gasteiger partial charge in [-0.2, -0.15) is 10.2 Å². The van der Waals surface area contributed by atoms with Crippen molar-refractivity contribution in [1.82, 2.24) is 19.6 Å². The highest BCUT2D eigenvalue weighted by Crippen LogP contribution is 2.08. The number of aromatic nitrogens is 4. The second-order valence-corrected chi connectivity index (χ2v) is 3.85. The van der Waals surface area contributed by atoms with Crippen LogP contribution in [0, 0.1) is 6.92 Å². The molecule has 86 valence electrons. The minimum absolute atomic E-state index is 0.778. The highest BCUT2D eigenvalue weighted by atomic mass is 15.3. The number of nitrogens with zero attached hydrogens (tertiary/aromatic N) is 4. The molecule has 2 aromatic heterocycles. The average molecular weight is 219 g/mol. The van der Waals surface area contributed by atoms with Gasteiger partial charge in [-0.05, 0) is 19.9 Å². The Morgan fingerprint density at radius 2 is 2.25 bits per heavy atom. The molecule has 0 aromatic carbocycles. The van der Waals surface area contributed by atoms with Crippen molar-refractivity contribution in [2.24, 2.45) is 7.05 Å². The molecule has 0 fully saturated rings. The molecular formula is C11H17N5. The van der Waals surface area contributed by atoms with Crippen molar-refractivity contribution < 1.29 is 0 Å². The van der Waals surface area contributed by atoms with Gasteiger partial charge in [0.05, 0.1) is 29.8 Å². The van der Waals surface area contributed by atoms with Gasteiger partial charge in [0.1, 0.15) is 0 Å². The molecule has 2 aromatic rings. The maximum absolute atomic E-state index is 4.40. The minimum atomic E-state index is 0.778. The zero-order chi connectivity index (χ0) is 11.5. The zero-order valence-electron chi connectivity index (χ0n) is 9.94. The monoisotopic (exact) mass is 219 g/mol. The first-order valence-electron chi connectivity index (χ1n) is 5.45. The fraction of sp³-hybridized carbons (Fsp3) is 0.455. The Hall–Kier alpha value is -1.78. The summed E-state index contributed by atoms with van der Waals surface area (Å²) in [5.74, 6) is 0. The molecule has 0 bridgehead atoms. The lowest BCUT2D eigenvalue weighted by atomic mass is 10.3. The Morgan fingerprint density at radius 1 is 1.44 bits per heavy atom. The molecule has 5 nitrogen and oxygen atoms in total. The summed E-state index contributed by atoms with van der Waals surface area (Å²) in [6.45, 7) is 5.79.